The van der Waals surface area contributed by atoms with E-state index in [4.69, 9.17) is 4.99 Å². The number of hydrogen-bond donors (Lipinski definition) is 1. The number of aliphatic imine (C=N–C) groups is 1. The van der Waals surface area contributed by atoms with Gasteiger partial charge in [-0.15, -0.1) is 0 Å². The van der Waals surface area contributed by atoms with Gasteiger partial charge in [-0.1, -0.05) is 30.3 Å². The Bertz CT molecular complexity index is 703. The summed E-state index contributed by atoms with van der Waals surface area (Å²) in [4.78, 5) is 7.06. The number of rotatable bonds is 0. The Morgan fingerprint density at radius 3 is 2.79 bits per heavy atom. The van der Waals surface area contributed by atoms with Crippen molar-refractivity contribution in [2.45, 2.75) is 20.0 Å². The van der Waals surface area contributed by atoms with E-state index in [2.05, 4.69) is 66.5 Å². The van der Waals surface area contributed by atoms with Gasteiger partial charge >= 0.3 is 0 Å². The van der Waals surface area contributed by atoms with E-state index in [1.165, 1.54) is 22.5 Å². The van der Waals surface area contributed by atoms with Crippen LogP contribution in [-0.2, 0) is 0 Å². The van der Waals surface area contributed by atoms with E-state index in [9.17, 15) is 0 Å². The van der Waals surface area contributed by atoms with Crippen molar-refractivity contribution in [2.75, 3.05) is 10.2 Å². The fraction of sp³-hybridized carbons (Fsp3) is 0.188. The van der Waals surface area contributed by atoms with Gasteiger partial charge in [0.05, 0.1) is 17.1 Å². The largest absolute Gasteiger partial charge is 0.359 e. The maximum Gasteiger partial charge on any atom is 0.133 e. The van der Waals surface area contributed by atoms with E-state index in [1.54, 1.807) is 0 Å². The molecule has 0 amide bonds. The Hall–Kier alpha value is -2.29. The second-order valence-electron chi connectivity index (χ2n) is 5.11. The fourth-order valence-corrected chi connectivity index (χ4v) is 3.01. The summed E-state index contributed by atoms with van der Waals surface area (Å²) >= 11 is 0. The van der Waals surface area contributed by atoms with Crippen LogP contribution in [-0.4, -0.2) is 5.84 Å². The van der Waals surface area contributed by atoms with Crippen LogP contribution in [0.1, 0.15) is 24.2 Å². The maximum absolute atomic E-state index is 4.79. The van der Waals surface area contributed by atoms with Gasteiger partial charge in [0.15, 0.2) is 0 Å². The highest BCUT2D eigenvalue weighted by molar-refractivity contribution is 6.05. The average Bonchev–Trinajstić information content (AvgIpc) is 2.80. The van der Waals surface area contributed by atoms with Crippen LogP contribution in [0.15, 0.2) is 47.5 Å². The summed E-state index contributed by atoms with van der Waals surface area (Å²) in [6.45, 7) is 4.19. The van der Waals surface area contributed by atoms with Crippen LogP contribution in [0.5, 0.6) is 0 Å². The quantitative estimate of drug-likeness (QED) is 0.764. The monoisotopic (exact) mass is 249 g/mol. The second-order valence-corrected chi connectivity index (χ2v) is 5.11. The summed E-state index contributed by atoms with van der Waals surface area (Å²) in [6, 6.07) is 14.8. The van der Waals surface area contributed by atoms with Crippen molar-refractivity contribution in [1.82, 2.24) is 0 Å². The van der Waals surface area contributed by atoms with Crippen molar-refractivity contribution in [1.29, 1.82) is 0 Å². The molecule has 2 heterocycles. The lowest BCUT2D eigenvalue weighted by atomic mass is 10.0. The lowest BCUT2D eigenvalue weighted by Crippen LogP contribution is -2.35. The molecular weight excluding hydrogens is 234 g/mol. The lowest BCUT2D eigenvalue weighted by molar-refractivity contribution is 0.827. The molecule has 0 aromatic heterocycles. The molecular formula is C16H15N3. The van der Waals surface area contributed by atoms with Crippen molar-refractivity contribution in [2.24, 2.45) is 4.99 Å². The summed E-state index contributed by atoms with van der Waals surface area (Å²) in [5.41, 5.74) is 5.98. The molecule has 2 aromatic rings. The van der Waals surface area contributed by atoms with Gasteiger partial charge < -0.3 is 10.2 Å². The summed E-state index contributed by atoms with van der Waals surface area (Å²) in [6.07, 6.45) is 0.171. The first kappa shape index (κ1) is 10.6. The molecule has 1 N–H and O–H groups in total. The summed E-state index contributed by atoms with van der Waals surface area (Å²) in [5.74, 6) is 1.05. The van der Waals surface area contributed by atoms with E-state index in [0.717, 1.165) is 11.5 Å². The standard InChI is InChI=1S/C16H15N3/c1-10-6-5-7-12-15(10)17-11(2)19-14-9-4-3-8-13(14)18-16(12)19/h3-9,16,18H,1-2H3. The number of hydrogen-bond acceptors (Lipinski definition) is 3. The normalized spacial score (nSPS) is 19.2. The number of para-hydroxylation sites is 3. The van der Waals surface area contributed by atoms with E-state index in [0.29, 0.717) is 0 Å². The van der Waals surface area contributed by atoms with E-state index in [-0.39, 0.29) is 6.17 Å². The molecule has 0 fully saturated rings. The van der Waals surface area contributed by atoms with Crippen molar-refractivity contribution < 1.29 is 0 Å². The van der Waals surface area contributed by atoms with Gasteiger partial charge in [0.25, 0.3) is 0 Å². The van der Waals surface area contributed by atoms with Crippen LogP contribution in [0.25, 0.3) is 0 Å². The molecule has 94 valence electrons. The van der Waals surface area contributed by atoms with E-state index >= 15 is 0 Å². The van der Waals surface area contributed by atoms with Crippen molar-refractivity contribution in [3.05, 3.63) is 53.6 Å². The van der Waals surface area contributed by atoms with Crippen molar-refractivity contribution >= 4 is 22.9 Å². The van der Waals surface area contributed by atoms with Crippen molar-refractivity contribution in [3.8, 4) is 0 Å². The van der Waals surface area contributed by atoms with Gasteiger partial charge in [-0.2, -0.15) is 0 Å². The average molecular weight is 249 g/mol. The molecule has 3 heteroatoms. The van der Waals surface area contributed by atoms with E-state index in [1.807, 2.05) is 0 Å². The topological polar surface area (TPSA) is 27.6 Å². The maximum atomic E-state index is 4.79. The molecule has 3 nitrogen and oxygen atoms in total. The van der Waals surface area contributed by atoms with Crippen LogP contribution in [0.3, 0.4) is 0 Å². The zero-order valence-corrected chi connectivity index (χ0v) is 11.0. The molecule has 2 aromatic carbocycles. The molecule has 19 heavy (non-hydrogen) atoms. The molecule has 1 atom stereocenters. The molecule has 0 spiro atoms. The Kier molecular flexibility index (Phi) is 2.01. The summed E-state index contributed by atoms with van der Waals surface area (Å²) < 4.78 is 0. The van der Waals surface area contributed by atoms with Gasteiger partial charge in [-0.3, -0.25) is 0 Å². The minimum Gasteiger partial charge on any atom is -0.359 e. The van der Waals surface area contributed by atoms with Gasteiger partial charge in [0.1, 0.15) is 12.0 Å². The van der Waals surface area contributed by atoms with Gasteiger partial charge in [0, 0.05) is 5.56 Å². The van der Waals surface area contributed by atoms with Gasteiger partial charge in [-0.05, 0) is 31.5 Å². The third-order valence-electron chi connectivity index (χ3n) is 3.90. The third-order valence-corrected chi connectivity index (χ3v) is 3.90. The van der Waals surface area contributed by atoms with Crippen LogP contribution >= 0.6 is 0 Å². The zero-order valence-electron chi connectivity index (χ0n) is 11.0. The first-order chi connectivity index (χ1) is 9.25. The molecule has 4 rings (SSSR count). The van der Waals surface area contributed by atoms with Crippen LogP contribution in [0.4, 0.5) is 17.1 Å². The summed E-state index contributed by atoms with van der Waals surface area (Å²) in [7, 11) is 0. The number of anilines is 2. The van der Waals surface area contributed by atoms with Gasteiger partial charge in [-0.25, -0.2) is 4.99 Å². The first-order valence-corrected chi connectivity index (χ1v) is 6.55. The van der Waals surface area contributed by atoms with Crippen molar-refractivity contribution in [3.63, 3.8) is 0 Å². The van der Waals surface area contributed by atoms with Crippen LogP contribution in [0, 0.1) is 6.92 Å². The smallest absolute Gasteiger partial charge is 0.133 e. The van der Waals surface area contributed by atoms with Crippen LogP contribution in [0.2, 0.25) is 0 Å². The second kappa shape index (κ2) is 3.60. The van der Waals surface area contributed by atoms with Crippen LogP contribution < -0.4 is 10.2 Å². The SMILES string of the molecule is CC1=Nc2c(C)cccc2C2Nc3ccccc3N12. The molecule has 2 aliphatic rings. The minimum absolute atomic E-state index is 0.171. The van der Waals surface area contributed by atoms with E-state index < -0.39 is 0 Å². The number of fused-ring (bicyclic) bond motifs is 5. The highest BCUT2D eigenvalue weighted by atomic mass is 15.4. The highest BCUT2D eigenvalue weighted by Crippen LogP contribution is 2.46. The Labute approximate surface area is 112 Å². The highest BCUT2D eigenvalue weighted by Gasteiger charge is 2.35. The predicted octanol–water partition coefficient (Wildman–Crippen LogP) is 3.99. The Morgan fingerprint density at radius 1 is 1.05 bits per heavy atom. The number of nitrogens with one attached hydrogen (secondary N) is 1. The number of nitrogens with zero attached hydrogens (tertiary/aromatic N) is 2. The Balaban J connectivity index is 1.95. The summed E-state index contributed by atoms with van der Waals surface area (Å²) in [5, 5.41) is 3.60. The molecule has 2 aliphatic heterocycles. The molecule has 1 unspecified atom stereocenters. The molecule has 0 radical (unpaired) electrons. The third kappa shape index (κ3) is 1.35. The Morgan fingerprint density at radius 2 is 1.89 bits per heavy atom. The molecule has 0 saturated carbocycles. The molecule has 0 aliphatic carbocycles. The number of amidine groups is 1. The van der Waals surface area contributed by atoms with Gasteiger partial charge in [0.2, 0.25) is 0 Å². The fourth-order valence-electron chi connectivity index (χ4n) is 3.01. The molecule has 0 saturated heterocycles. The lowest BCUT2D eigenvalue weighted by Gasteiger charge is -2.32. The predicted molar refractivity (Wildman–Crippen MR) is 79.2 cm³/mol. The zero-order chi connectivity index (χ0) is 13.0. The first-order valence-electron chi connectivity index (χ1n) is 6.55. The number of benzene rings is 2. The molecule has 0 bridgehead atoms. The minimum atomic E-state index is 0.171. The number of aryl methyl sites for hydroxylation is 1.